The van der Waals surface area contributed by atoms with Crippen molar-refractivity contribution in [3.05, 3.63) is 29.8 Å². The Morgan fingerprint density at radius 3 is 2.14 bits per heavy atom. The van der Waals surface area contributed by atoms with Crippen LogP contribution in [0, 0.1) is 11.8 Å². The number of sulfonamides is 1. The number of benzene rings is 1. The van der Waals surface area contributed by atoms with Crippen molar-refractivity contribution in [3.63, 3.8) is 0 Å². The second kappa shape index (κ2) is 10.0. The van der Waals surface area contributed by atoms with Gasteiger partial charge in [0.1, 0.15) is 11.4 Å². The minimum Gasteiger partial charge on any atom is -0.371 e. The van der Waals surface area contributed by atoms with Gasteiger partial charge in [0.15, 0.2) is 0 Å². The first-order valence-corrected chi connectivity index (χ1v) is 12.0. The quantitative estimate of drug-likeness (QED) is 0.437. The van der Waals surface area contributed by atoms with Crippen LogP contribution >= 0.6 is 0 Å². The highest BCUT2D eigenvalue weighted by molar-refractivity contribution is 7.92. The van der Waals surface area contributed by atoms with E-state index in [9.17, 15) is 17.9 Å². The van der Waals surface area contributed by atoms with Gasteiger partial charge in [0.2, 0.25) is 10.0 Å². The smallest absolute Gasteiger partial charge is 0.229 e. The number of halogens is 1. The predicted octanol–water partition coefficient (Wildman–Crippen LogP) is 4.52. The molecule has 1 rings (SSSR count). The standard InChI is InChI=1S/C21H37FN2O3S/c1-6-16(15-20(3,4)22)9-8-10-17(7-2)21(23,25)18-11-13-19(14-12-18)24-28(5,26)27/h11-14,16-17,24-25H,6-10,15,23H2,1-5H3/t16?,17?,21-/m0/s1. The lowest BCUT2D eigenvalue weighted by Gasteiger charge is -2.33. The molecule has 0 aromatic heterocycles. The maximum Gasteiger partial charge on any atom is 0.229 e. The first-order chi connectivity index (χ1) is 12.8. The molecule has 1 aromatic rings. The Morgan fingerprint density at radius 2 is 1.71 bits per heavy atom. The number of hydrogen-bond acceptors (Lipinski definition) is 4. The topological polar surface area (TPSA) is 92.4 Å². The molecule has 0 fully saturated rings. The summed E-state index contributed by atoms with van der Waals surface area (Å²) in [6.07, 6.45) is 5.81. The van der Waals surface area contributed by atoms with Crippen LogP contribution in [0.15, 0.2) is 24.3 Å². The molecule has 7 heteroatoms. The number of hydrogen-bond donors (Lipinski definition) is 3. The molecule has 3 atom stereocenters. The van der Waals surface area contributed by atoms with Gasteiger partial charge in [0.05, 0.1) is 6.26 Å². The van der Waals surface area contributed by atoms with Gasteiger partial charge in [-0.25, -0.2) is 12.8 Å². The molecule has 0 aliphatic rings. The normalized spacial score (nSPS) is 17.0. The maximum absolute atomic E-state index is 13.9. The summed E-state index contributed by atoms with van der Waals surface area (Å²) in [7, 11) is -3.35. The molecule has 0 heterocycles. The third-order valence-electron chi connectivity index (χ3n) is 5.28. The van der Waals surface area contributed by atoms with Crippen LogP contribution in [0.25, 0.3) is 0 Å². The molecular formula is C21H37FN2O3S. The van der Waals surface area contributed by atoms with Crippen LogP contribution in [0.4, 0.5) is 10.1 Å². The predicted molar refractivity (Wildman–Crippen MR) is 114 cm³/mol. The zero-order valence-electron chi connectivity index (χ0n) is 17.8. The fraction of sp³-hybridized carbons (Fsp3) is 0.714. The van der Waals surface area contributed by atoms with Crippen molar-refractivity contribution in [1.82, 2.24) is 0 Å². The van der Waals surface area contributed by atoms with E-state index in [1.54, 1.807) is 38.1 Å². The van der Waals surface area contributed by atoms with Gasteiger partial charge in [-0.05, 0) is 56.7 Å². The third-order valence-corrected chi connectivity index (χ3v) is 5.89. The number of aliphatic hydroxyl groups is 1. The van der Waals surface area contributed by atoms with Crippen LogP contribution in [-0.2, 0) is 15.7 Å². The molecule has 1 aromatic carbocycles. The fourth-order valence-electron chi connectivity index (χ4n) is 3.78. The number of rotatable bonds is 12. The molecule has 0 saturated heterocycles. The number of alkyl halides is 1. The van der Waals surface area contributed by atoms with Gasteiger partial charge in [-0.1, -0.05) is 45.2 Å². The minimum atomic E-state index is -3.35. The average molecular weight is 417 g/mol. The zero-order chi connectivity index (χ0) is 21.6. The SMILES string of the molecule is CCC(CCCC(CC)[C@](N)(O)c1ccc(NS(C)(=O)=O)cc1)CC(C)(C)F. The van der Waals surface area contributed by atoms with Crippen molar-refractivity contribution in [2.45, 2.75) is 77.6 Å². The van der Waals surface area contributed by atoms with E-state index < -0.39 is 21.4 Å². The molecule has 4 N–H and O–H groups in total. The van der Waals surface area contributed by atoms with Crippen molar-refractivity contribution in [1.29, 1.82) is 0 Å². The lowest BCUT2D eigenvalue weighted by Crippen LogP contribution is -2.44. The molecule has 162 valence electrons. The van der Waals surface area contributed by atoms with Gasteiger partial charge in [0.25, 0.3) is 0 Å². The van der Waals surface area contributed by atoms with Crippen molar-refractivity contribution < 1.29 is 17.9 Å². The van der Waals surface area contributed by atoms with Gasteiger partial charge in [-0.15, -0.1) is 0 Å². The molecule has 0 saturated carbocycles. The summed E-state index contributed by atoms with van der Waals surface area (Å²) >= 11 is 0. The summed E-state index contributed by atoms with van der Waals surface area (Å²) in [5.41, 5.74) is 4.59. The van der Waals surface area contributed by atoms with Crippen molar-refractivity contribution in [2.75, 3.05) is 11.0 Å². The van der Waals surface area contributed by atoms with Crippen LogP contribution in [0.2, 0.25) is 0 Å². The van der Waals surface area contributed by atoms with Crippen LogP contribution < -0.4 is 10.5 Å². The molecule has 0 aliphatic carbocycles. The van der Waals surface area contributed by atoms with Crippen molar-refractivity contribution >= 4 is 15.7 Å². The minimum absolute atomic E-state index is 0.142. The highest BCUT2D eigenvalue weighted by Gasteiger charge is 2.33. The third kappa shape index (κ3) is 8.45. The molecule has 28 heavy (non-hydrogen) atoms. The Kier molecular flexibility index (Phi) is 8.91. The van der Waals surface area contributed by atoms with E-state index in [2.05, 4.69) is 11.6 Å². The Hall–Kier alpha value is -1.18. The van der Waals surface area contributed by atoms with Gasteiger partial charge in [0, 0.05) is 11.6 Å². The molecule has 5 nitrogen and oxygen atoms in total. The summed E-state index contributed by atoms with van der Waals surface area (Å²) in [5.74, 6) is 0.182. The Bertz CT molecular complexity index is 697. The largest absolute Gasteiger partial charge is 0.371 e. The fourth-order valence-corrected chi connectivity index (χ4v) is 4.34. The van der Waals surface area contributed by atoms with E-state index in [-0.39, 0.29) is 5.92 Å². The second-order valence-electron chi connectivity index (χ2n) is 8.51. The van der Waals surface area contributed by atoms with Gasteiger partial charge in [-0.2, -0.15) is 0 Å². The van der Waals surface area contributed by atoms with E-state index in [0.29, 0.717) is 30.0 Å². The van der Waals surface area contributed by atoms with Gasteiger partial charge >= 0.3 is 0 Å². The Labute approximate surface area is 170 Å². The van der Waals surface area contributed by atoms with Gasteiger partial charge in [-0.3, -0.25) is 10.5 Å². The molecular weight excluding hydrogens is 379 g/mol. The molecule has 0 radical (unpaired) electrons. The molecule has 0 bridgehead atoms. The van der Waals surface area contributed by atoms with Crippen LogP contribution in [0.1, 0.15) is 71.8 Å². The molecule has 0 spiro atoms. The van der Waals surface area contributed by atoms with Crippen LogP contribution in [0.3, 0.4) is 0 Å². The second-order valence-corrected chi connectivity index (χ2v) is 10.3. The van der Waals surface area contributed by atoms with E-state index >= 15 is 0 Å². The van der Waals surface area contributed by atoms with E-state index in [4.69, 9.17) is 5.73 Å². The van der Waals surface area contributed by atoms with E-state index in [1.165, 1.54) is 0 Å². The molecule has 0 amide bonds. The first kappa shape index (κ1) is 24.9. The molecule has 0 aliphatic heterocycles. The number of nitrogens with one attached hydrogen (secondary N) is 1. The number of anilines is 1. The lowest BCUT2D eigenvalue weighted by atomic mass is 9.82. The highest BCUT2D eigenvalue weighted by atomic mass is 32.2. The summed E-state index contributed by atoms with van der Waals surface area (Å²) < 4.78 is 38.9. The first-order valence-electron chi connectivity index (χ1n) is 10.1. The monoisotopic (exact) mass is 416 g/mol. The molecule has 2 unspecified atom stereocenters. The van der Waals surface area contributed by atoms with E-state index in [1.807, 2.05) is 6.92 Å². The lowest BCUT2D eigenvalue weighted by molar-refractivity contribution is -0.0253. The summed E-state index contributed by atoms with van der Waals surface area (Å²) in [6.45, 7) is 7.31. The summed E-state index contributed by atoms with van der Waals surface area (Å²) in [5, 5.41) is 11.0. The Morgan fingerprint density at radius 1 is 1.14 bits per heavy atom. The number of nitrogens with two attached hydrogens (primary N) is 1. The van der Waals surface area contributed by atoms with Crippen molar-refractivity contribution in [3.8, 4) is 0 Å². The summed E-state index contributed by atoms with van der Waals surface area (Å²) in [6, 6.07) is 6.49. The maximum atomic E-state index is 13.9. The van der Waals surface area contributed by atoms with Crippen molar-refractivity contribution in [2.24, 2.45) is 17.6 Å². The van der Waals surface area contributed by atoms with Crippen LogP contribution in [0.5, 0.6) is 0 Å². The zero-order valence-corrected chi connectivity index (χ0v) is 18.7. The Balaban J connectivity index is 2.75. The average Bonchev–Trinajstić information content (AvgIpc) is 2.55. The summed E-state index contributed by atoms with van der Waals surface area (Å²) in [4.78, 5) is 0. The van der Waals surface area contributed by atoms with E-state index in [0.717, 1.165) is 31.9 Å². The van der Waals surface area contributed by atoms with Crippen LogP contribution in [-0.4, -0.2) is 25.4 Å². The highest BCUT2D eigenvalue weighted by Crippen LogP contribution is 2.33. The van der Waals surface area contributed by atoms with Gasteiger partial charge < -0.3 is 5.11 Å².